The summed E-state index contributed by atoms with van der Waals surface area (Å²) < 4.78 is 3.85. The predicted octanol–water partition coefficient (Wildman–Crippen LogP) is 1.42. The van der Waals surface area contributed by atoms with Crippen LogP contribution in [0, 0.1) is 5.92 Å². The van der Waals surface area contributed by atoms with Gasteiger partial charge in [-0.3, -0.25) is 4.79 Å². The Hall–Kier alpha value is -2.25. The summed E-state index contributed by atoms with van der Waals surface area (Å²) in [5.41, 5.74) is 0. The molecule has 4 rings (SSSR count). The first-order chi connectivity index (χ1) is 11.8. The van der Waals surface area contributed by atoms with Gasteiger partial charge in [-0.25, -0.2) is 9.67 Å². The van der Waals surface area contributed by atoms with E-state index in [4.69, 9.17) is 0 Å². The van der Waals surface area contributed by atoms with Crippen LogP contribution in [-0.4, -0.2) is 47.1 Å². The molecule has 2 aliphatic rings. The van der Waals surface area contributed by atoms with Gasteiger partial charge in [0.05, 0.1) is 12.6 Å². The molecule has 0 saturated heterocycles. The van der Waals surface area contributed by atoms with Crippen molar-refractivity contribution in [2.75, 3.05) is 6.54 Å². The van der Waals surface area contributed by atoms with Crippen molar-refractivity contribution in [2.45, 2.75) is 57.7 Å². The highest BCUT2D eigenvalue weighted by molar-refractivity contribution is 5.76. The van der Waals surface area contributed by atoms with E-state index in [0.717, 1.165) is 25.3 Å². The maximum absolute atomic E-state index is 13.0. The Labute approximate surface area is 140 Å². The van der Waals surface area contributed by atoms with E-state index in [1.807, 2.05) is 12.4 Å². The molecule has 1 unspecified atom stereocenters. The van der Waals surface area contributed by atoms with Crippen LogP contribution in [0.15, 0.2) is 18.7 Å². The first kappa shape index (κ1) is 15.3. The van der Waals surface area contributed by atoms with Crippen LogP contribution in [-0.2, 0) is 17.9 Å². The van der Waals surface area contributed by atoms with Gasteiger partial charge in [-0.15, -0.1) is 5.10 Å². The first-order valence-electron chi connectivity index (χ1n) is 8.84. The number of nitrogens with zero attached hydrogens (tertiary/aromatic N) is 7. The van der Waals surface area contributed by atoms with Gasteiger partial charge in [-0.05, 0) is 35.6 Å². The van der Waals surface area contributed by atoms with E-state index in [-0.39, 0.29) is 11.9 Å². The minimum atomic E-state index is 0.117. The minimum Gasteiger partial charge on any atom is -0.333 e. The van der Waals surface area contributed by atoms with E-state index >= 15 is 0 Å². The molecule has 1 saturated carbocycles. The molecule has 1 aliphatic heterocycles. The summed E-state index contributed by atoms with van der Waals surface area (Å²) >= 11 is 0. The zero-order valence-corrected chi connectivity index (χ0v) is 13.8. The smallest absolute Gasteiger partial charge is 0.225 e. The van der Waals surface area contributed by atoms with Crippen LogP contribution in [0.4, 0.5) is 0 Å². The van der Waals surface area contributed by atoms with E-state index < -0.39 is 0 Å². The number of tetrazole rings is 1. The van der Waals surface area contributed by atoms with Crippen LogP contribution in [0.25, 0.3) is 0 Å². The van der Waals surface area contributed by atoms with Crippen molar-refractivity contribution >= 4 is 5.91 Å². The zero-order valence-electron chi connectivity index (χ0n) is 13.8. The van der Waals surface area contributed by atoms with Crippen LogP contribution in [0.3, 0.4) is 0 Å². The molecule has 0 bridgehead atoms. The molecular formula is C16H23N7O. The van der Waals surface area contributed by atoms with Crippen molar-refractivity contribution in [1.29, 1.82) is 0 Å². The molecular weight excluding hydrogens is 306 g/mol. The second-order valence-corrected chi connectivity index (χ2v) is 6.73. The third-order valence-electron chi connectivity index (χ3n) is 5.26. The number of carbonyl (C=O) groups is 1. The zero-order chi connectivity index (χ0) is 16.4. The molecule has 2 aromatic rings. The summed E-state index contributed by atoms with van der Waals surface area (Å²) in [5, 5.41) is 11.1. The normalized spacial score (nSPS) is 21.7. The van der Waals surface area contributed by atoms with Crippen LogP contribution in [0.5, 0.6) is 0 Å². The number of hydrogen-bond donors (Lipinski definition) is 0. The molecule has 0 aromatic carbocycles. The van der Waals surface area contributed by atoms with Crippen LogP contribution >= 0.6 is 0 Å². The van der Waals surface area contributed by atoms with E-state index in [2.05, 4.69) is 30.0 Å². The fraction of sp³-hybridized carbons (Fsp3) is 0.688. The Morgan fingerprint density at radius 1 is 1.21 bits per heavy atom. The SMILES string of the molecule is O=C(CCn1cnnn1)N1CCCn2ccnc2C1C1CCCC1. The van der Waals surface area contributed by atoms with Crippen LogP contribution < -0.4 is 0 Å². The van der Waals surface area contributed by atoms with Gasteiger partial charge in [-0.1, -0.05) is 12.8 Å². The summed E-state index contributed by atoms with van der Waals surface area (Å²) in [6.45, 7) is 2.27. The third-order valence-corrected chi connectivity index (χ3v) is 5.26. The lowest BCUT2D eigenvalue weighted by Gasteiger charge is -2.33. The van der Waals surface area contributed by atoms with Gasteiger partial charge >= 0.3 is 0 Å². The molecule has 2 aromatic heterocycles. The summed E-state index contributed by atoms with van der Waals surface area (Å²) in [6, 6.07) is 0.117. The first-order valence-corrected chi connectivity index (χ1v) is 8.84. The van der Waals surface area contributed by atoms with Crippen LogP contribution in [0.2, 0.25) is 0 Å². The molecule has 1 aliphatic carbocycles. The van der Waals surface area contributed by atoms with Crippen molar-refractivity contribution in [3.05, 3.63) is 24.5 Å². The Bertz CT molecular complexity index is 674. The van der Waals surface area contributed by atoms with Crippen molar-refractivity contribution in [1.82, 2.24) is 34.7 Å². The largest absolute Gasteiger partial charge is 0.333 e. The predicted molar refractivity (Wildman–Crippen MR) is 85.7 cm³/mol. The molecule has 8 nitrogen and oxygen atoms in total. The van der Waals surface area contributed by atoms with Gasteiger partial charge in [0.2, 0.25) is 5.91 Å². The van der Waals surface area contributed by atoms with Gasteiger partial charge in [-0.2, -0.15) is 0 Å². The average Bonchev–Trinajstić information content (AvgIpc) is 3.34. The van der Waals surface area contributed by atoms with Gasteiger partial charge in [0.1, 0.15) is 12.2 Å². The standard InChI is InChI=1S/C16H23N7O/c24-14(6-10-22-12-18-19-20-22)23-9-3-8-21-11-7-17-16(21)15(23)13-4-1-2-5-13/h7,11-13,15H,1-6,8-10H2. The summed E-state index contributed by atoms with van der Waals surface area (Å²) in [5.74, 6) is 1.77. The quantitative estimate of drug-likeness (QED) is 0.847. The molecule has 24 heavy (non-hydrogen) atoms. The van der Waals surface area contributed by atoms with E-state index in [0.29, 0.717) is 18.9 Å². The lowest BCUT2D eigenvalue weighted by atomic mass is 9.95. The number of imidazole rings is 1. The molecule has 0 N–H and O–H groups in total. The highest BCUT2D eigenvalue weighted by Gasteiger charge is 2.37. The van der Waals surface area contributed by atoms with Crippen molar-refractivity contribution in [3.8, 4) is 0 Å². The van der Waals surface area contributed by atoms with Crippen molar-refractivity contribution in [3.63, 3.8) is 0 Å². The number of hydrogen-bond acceptors (Lipinski definition) is 5. The molecule has 8 heteroatoms. The van der Waals surface area contributed by atoms with Gasteiger partial charge in [0.15, 0.2) is 0 Å². The lowest BCUT2D eigenvalue weighted by Crippen LogP contribution is -2.39. The van der Waals surface area contributed by atoms with E-state index in [1.165, 1.54) is 25.7 Å². The highest BCUT2D eigenvalue weighted by Crippen LogP contribution is 2.40. The number of aromatic nitrogens is 6. The molecule has 128 valence electrons. The summed E-state index contributed by atoms with van der Waals surface area (Å²) in [4.78, 5) is 19.6. The number of aryl methyl sites for hydroxylation is 2. The number of amides is 1. The minimum absolute atomic E-state index is 0.117. The van der Waals surface area contributed by atoms with Crippen LogP contribution in [0.1, 0.15) is 50.4 Å². The molecule has 0 spiro atoms. The maximum Gasteiger partial charge on any atom is 0.225 e. The second kappa shape index (κ2) is 6.70. The molecule has 0 radical (unpaired) electrons. The van der Waals surface area contributed by atoms with Gasteiger partial charge in [0.25, 0.3) is 0 Å². The molecule has 1 atom stereocenters. The van der Waals surface area contributed by atoms with E-state index in [1.54, 1.807) is 11.0 Å². The summed E-state index contributed by atoms with van der Waals surface area (Å²) in [7, 11) is 0. The lowest BCUT2D eigenvalue weighted by molar-refractivity contribution is -0.135. The molecule has 1 amide bonds. The fourth-order valence-electron chi connectivity index (χ4n) is 4.12. The van der Waals surface area contributed by atoms with E-state index in [9.17, 15) is 4.79 Å². The van der Waals surface area contributed by atoms with Gasteiger partial charge in [0, 0.05) is 31.9 Å². The second-order valence-electron chi connectivity index (χ2n) is 6.73. The van der Waals surface area contributed by atoms with Crippen molar-refractivity contribution in [2.24, 2.45) is 5.92 Å². The molecule has 1 fully saturated rings. The monoisotopic (exact) mass is 329 g/mol. The third kappa shape index (κ3) is 2.92. The number of fused-ring (bicyclic) bond motifs is 1. The Kier molecular flexibility index (Phi) is 4.27. The maximum atomic E-state index is 13.0. The highest BCUT2D eigenvalue weighted by atomic mass is 16.2. The van der Waals surface area contributed by atoms with Crippen molar-refractivity contribution < 1.29 is 4.79 Å². The number of rotatable bonds is 4. The topological polar surface area (TPSA) is 81.7 Å². The Morgan fingerprint density at radius 3 is 2.88 bits per heavy atom. The Balaban J connectivity index is 1.55. The number of carbonyl (C=O) groups excluding carboxylic acids is 1. The molecule has 3 heterocycles. The Morgan fingerprint density at radius 2 is 2.08 bits per heavy atom. The summed E-state index contributed by atoms with van der Waals surface area (Å²) in [6.07, 6.45) is 11.8. The average molecular weight is 329 g/mol. The van der Waals surface area contributed by atoms with Gasteiger partial charge < -0.3 is 9.47 Å². The fourth-order valence-corrected chi connectivity index (χ4v) is 4.12.